The Hall–Kier alpha value is -1.47. The summed E-state index contributed by atoms with van der Waals surface area (Å²) in [4.78, 5) is 10.8. The Labute approximate surface area is 97.6 Å². The van der Waals surface area contributed by atoms with E-state index in [9.17, 15) is 31.1 Å². The first-order valence-corrected chi connectivity index (χ1v) is 4.69. The fourth-order valence-corrected chi connectivity index (χ4v) is 1.59. The van der Waals surface area contributed by atoms with E-state index in [4.69, 9.17) is 5.11 Å². The molecule has 1 rings (SSSR count). The summed E-state index contributed by atoms with van der Waals surface area (Å²) in [6, 6.07) is 0. The average Bonchev–Trinajstić information content (AvgIpc) is 2.14. The molecule has 0 aromatic carbocycles. The third-order valence-corrected chi connectivity index (χ3v) is 2.73. The molecule has 0 saturated heterocycles. The molecular formula is C10H8F6O2. The van der Waals surface area contributed by atoms with E-state index in [0.717, 1.165) is 6.92 Å². The number of halogens is 6. The van der Waals surface area contributed by atoms with Crippen LogP contribution < -0.4 is 0 Å². The van der Waals surface area contributed by atoms with Gasteiger partial charge in [0.25, 0.3) is 0 Å². The smallest absolute Gasteiger partial charge is 0.416 e. The van der Waals surface area contributed by atoms with E-state index in [0.29, 0.717) is 6.08 Å². The zero-order valence-electron chi connectivity index (χ0n) is 8.99. The number of carbonyl (C=O) groups is 1. The molecule has 0 aliphatic heterocycles. The lowest BCUT2D eigenvalue weighted by Gasteiger charge is -2.32. The van der Waals surface area contributed by atoms with Gasteiger partial charge < -0.3 is 5.11 Å². The van der Waals surface area contributed by atoms with Crippen molar-refractivity contribution in [3.8, 4) is 0 Å². The number of rotatable bonds is 1. The molecule has 0 fully saturated rings. The Morgan fingerprint density at radius 2 is 1.72 bits per heavy atom. The minimum atomic E-state index is -5.13. The molecule has 0 saturated carbocycles. The van der Waals surface area contributed by atoms with Crippen LogP contribution in [-0.2, 0) is 4.79 Å². The highest BCUT2D eigenvalue weighted by Crippen LogP contribution is 2.47. The second-order valence-electron chi connectivity index (χ2n) is 4.05. The van der Waals surface area contributed by atoms with Crippen molar-refractivity contribution < 1.29 is 36.2 Å². The third kappa shape index (κ3) is 2.51. The molecule has 18 heavy (non-hydrogen) atoms. The normalized spacial score (nSPS) is 25.5. The number of alkyl halides is 6. The molecule has 0 bridgehead atoms. The summed E-state index contributed by atoms with van der Waals surface area (Å²) in [5.41, 5.74) is -5.57. The van der Waals surface area contributed by atoms with Crippen molar-refractivity contribution in [3.63, 3.8) is 0 Å². The van der Waals surface area contributed by atoms with Crippen molar-refractivity contribution in [2.45, 2.75) is 25.7 Å². The summed E-state index contributed by atoms with van der Waals surface area (Å²) >= 11 is 0. The van der Waals surface area contributed by atoms with Gasteiger partial charge in [0, 0.05) is 0 Å². The molecule has 0 radical (unpaired) electrons. The fraction of sp³-hybridized carbons (Fsp3) is 0.500. The van der Waals surface area contributed by atoms with Gasteiger partial charge in [0.15, 0.2) is 0 Å². The predicted octanol–water partition coefficient (Wildman–Crippen LogP) is 3.46. The Bertz CT molecular complexity index is 429. The first kappa shape index (κ1) is 14.6. The van der Waals surface area contributed by atoms with Gasteiger partial charge >= 0.3 is 18.3 Å². The first-order valence-electron chi connectivity index (χ1n) is 4.69. The van der Waals surface area contributed by atoms with Crippen LogP contribution in [0.2, 0.25) is 0 Å². The number of carboxylic acids is 1. The van der Waals surface area contributed by atoms with E-state index in [1.807, 2.05) is 0 Å². The summed E-state index contributed by atoms with van der Waals surface area (Å²) in [7, 11) is 0. The lowest BCUT2D eigenvalue weighted by molar-refractivity contribution is -0.154. The molecule has 0 aromatic heterocycles. The van der Waals surface area contributed by atoms with Crippen LogP contribution in [0.3, 0.4) is 0 Å². The SMILES string of the molecule is CC1(C(=O)O)CC=C(C(F)(F)F)C=C1C(F)(F)F. The van der Waals surface area contributed by atoms with Gasteiger partial charge in [-0.05, 0) is 19.4 Å². The average molecular weight is 274 g/mol. The van der Waals surface area contributed by atoms with E-state index in [1.165, 1.54) is 0 Å². The van der Waals surface area contributed by atoms with E-state index >= 15 is 0 Å². The van der Waals surface area contributed by atoms with Gasteiger partial charge in [0.2, 0.25) is 0 Å². The topological polar surface area (TPSA) is 37.3 Å². The van der Waals surface area contributed by atoms with Crippen LogP contribution in [0, 0.1) is 5.41 Å². The lowest BCUT2D eigenvalue weighted by atomic mass is 9.74. The molecular weight excluding hydrogens is 266 g/mol. The zero-order valence-corrected chi connectivity index (χ0v) is 8.99. The predicted molar refractivity (Wildman–Crippen MR) is 48.6 cm³/mol. The van der Waals surface area contributed by atoms with Crippen LogP contribution in [0.15, 0.2) is 23.3 Å². The van der Waals surface area contributed by atoms with E-state index in [2.05, 4.69) is 0 Å². The van der Waals surface area contributed by atoms with Crippen LogP contribution in [0.4, 0.5) is 26.3 Å². The fourth-order valence-electron chi connectivity index (χ4n) is 1.59. The lowest BCUT2D eigenvalue weighted by Crippen LogP contribution is -2.38. The molecule has 102 valence electrons. The van der Waals surface area contributed by atoms with Crippen molar-refractivity contribution in [1.82, 2.24) is 0 Å². The number of hydrogen-bond acceptors (Lipinski definition) is 1. The maximum absolute atomic E-state index is 12.6. The number of allylic oxidation sites excluding steroid dienone is 3. The molecule has 0 aromatic rings. The quantitative estimate of drug-likeness (QED) is 0.743. The van der Waals surface area contributed by atoms with Crippen LogP contribution in [0.1, 0.15) is 13.3 Å². The molecule has 1 aliphatic rings. The van der Waals surface area contributed by atoms with Crippen molar-refractivity contribution in [3.05, 3.63) is 23.3 Å². The van der Waals surface area contributed by atoms with Gasteiger partial charge in [-0.2, -0.15) is 26.3 Å². The van der Waals surface area contributed by atoms with Crippen LogP contribution in [0.5, 0.6) is 0 Å². The molecule has 1 atom stereocenters. The molecule has 1 aliphatic carbocycles. The van der Waals surface area contributed by atoms with Crippen LogP contribution in [-0.4, -0.2) is 23.4 Å². The highest BCUT2D eigenvalue weighted by molar-refractivity contribution is 5.79. The minimum absolute atomic E-state index is 0.141. The molecule has 0 amide bonds. The van der Waals surface area contributed by atoms with Crippen molar-refractivity contribution in [2.24, 2.45) is 5.41 Å². The van der Waals surface area contributed by atoms with Gasteiger partial charge in [0.1, 0.15) is 0 Å². The minimum Gasteiger partial charge on any atom is -0.481 e. The second-order valence-corrected chi connectivity index (χ2v) is 4.05. The zero-order chi connectivity index (χ0) is 14.4. The molecule has 1 N–H and O–H groups in total. The van der Waals surface area contributed by atoms with Gasteiger partial charge in [-0.15, -0.1) is 0 Å². The Kier molecular flexibility index (Phi) is 3.27. The van der Waals surface area contributed by atoms with Gasteiger partial charge in [-0.3, -0.25) is 4.79 Å². The maximum Gasteiger partial charge on any atom is 0.416 e. The molecule has 2 nitrogen and oxygen atoms in total. The Morgan fingerprint density at radius 1 is 1.22 bits per heavy atom. The van der Waals surface area contributed by atoms with Crippen LogP contribution >= 0.6 is 0 Å². The van der Waals surface area contributed by atoms with E-state index in [-0.39, 0.29) is 6.08 Å². The summed E-state index contributed by atoms with van der Waals surface area (Å²) in [6.07, 6.45) is -10.6. The molecule has 8 heteroatoms. The van der Waals surface area contributed by atoms with E-state index < -0.39 is 41.3 Å². The highest BCUT2D eigenvalue weighted by Gasteiger charge is 2.52. The third-order valence-electron chi connectivity index (χ3n) is 2.73. The Morgan fingerprint density at radius 3 is 2.06 bits per heavy atom. The Balaban J connectivity index is 3.35. The van der Waals surface area contributed by atoms with Crippen molar-refractivity contribution in [1.29, 1.82) is 0 Å². The number of hydrogen-bond donors (Lipinski definition) is 1. The first-order chi connectivity index (χ1) is 7.89. The largest absolute Gasteiger partial charge is 0.481 e. The summed E-state index contributed by atoms with van der Waals surface area (Å²) in [5.74, 6) is -1.82. The number of carboxylic acid groups (broad SMARTS) is 1. The monoisotopic (exact) mass is 274 g/mol. The summed E-state index contributed by atoms with van der Waals surface area (Å²) in [6.45, 7) is 0.748. The summed E-state index contributed by atoms with van der Waals surface area (Å²) < 4.78 is 74.9. The van der Waals surface area contributed by atoms with Crippen LogP contribution in [0.25, 0.3) is 0 Å². The number of aliphatic carboxylic acids is 1. The van der Waals surface area contributed by atoms with Gasteiger partial charge in [-0.25, -0.2) is 0 Å². The molecule has 0 spiro atoms. The second kappa shape index (κ2) is 4.03. The van der Waals surface area contributed by atoms with Crippen molar-refractivity contribution >= 4 is 5.97 Å². The van der Waals surface area contributed by atoms with Gasteiger partial charge in [-0.1, -0.05) is 6.08 Å². The highest BCUT2D eigenvalue weighted by atomic mass is 19.4. The maximum atomic E-state index is 12.6. The summed E-state index contributed by atoms with van der Waals surface area (Å²) in [5, 5.41) is 8.77. The standard InChI is InChI=1S/C10H8F6O2/c1-8(7(17)18)3-2-5(9(11,12)13)4-6(8)10(14,15)16/h2,4H,3H2,1H3,(H,17,18). The van der Waals surface area contributed by atoms with Crippen molar-refractivity contribution in [2.75, 3.05) is 0 Å². The molecule has 1 unspecified atom stereocenters. The molecule has 0 heterocycles. The van der Waals surface area contributed by atoms with E-state index in [1.54, 1.807) is 0 Å². The van der Waals surface area contributed by atoms with Gasteiger partial charge in [0.05, 0.1) is 16.6 Å².